The Labute approximate surface area is 181 Å². The summed E-state index contributed by atoms with van der Waals surface area (Å²) in [6.07, 6.45) is 0. The SMILES string of the molecule is COc1nc(-c2ccc(F)cc2)n(-c2cccc(NC(=O)c3cccc([N+](=O)[O-])c3)c2)n1. The molecule has 32 heavy (non-hydrogen) atoms. The number of amides is 1. The van der Waals surface area contributed by atoms with Gasteiger partial charge in [-0.1, -0.05) is 12.1 Å². The summed E-state index contributed by atoms with van der Waals surface area (Å²) in [6, 6.07) is 18.1. The predicted octanol–water partition coefficient (Wildman–Crippen LogP) is 4.24. The number of nitrogens with zero attached hydrogens (tertiary/aromatic N) is 4. The molecule has 1 aromatic heterocycles. The van der Waals surface area contributed by atoms with Crippen molar-refractivity contribution in [3.63, 3.8) is 0 Å². The van der Waals surface area contributed by atoms with Gasteiger partial charge in [0.1, 0.15) is 5.82 Å². The number of nitro groups is 1. The van der Waals surface area contributed by atoms with Crippen LogP contribution in [0.1, 0.15) is 10.4 Å². The van der Waals surface area contributed by atoms with Crippen LogP contribution in [0, 0.1) is 15.9 Å². The first-order valence-electron chi connectivity index (χ1n) is 9.38. The van der Waals surface area contributed by atoms with Crippen molar-refractivity contribution in [2.24, 2.45) is 0 Å². The molecule has 3 aromatic carbocycles. The summed E-state index contributed by atoms with van der Waals surface area (Å²) in [4.78, 5) is 27.3. The van der Waals surface area contributed by atoms with Crippen molar-refractivity contribution in [1.82, 2.24) is 14.8 Å². The lowest BCUT2D eigenvalue weighted by Crippen LogP contribution is -2.12. The number of non-ortho nitro benzene ring substituents is 1. The van der Waals surface area contributed by atoms with E-state index in [4.69, 9.17) is 4.74 Å². The van der Waals surface area contributed by atoms with E-state index in [0.29, 0.717) is 22.8 Å². The molecule has 0 fully saturated rings. The number of ether oxygens (including phenoxy) is 1. The number of methoxy groups -OCH3 is 1. The van der Waals surface area contributed by atoms with E-state index in [0.717, 1.165) is 0 Å². The van der Waals surface area contributed by atoms with E-state index < -0.39 is 10.8 Å². The zero-order valence-electron chi connectivity index (χ0n) is 16.7. The fourth-order valence-electron chi connectivity index (χ4n) is 3.02. The summed E-state index contributed by atoms with van der Waals surface area (Å²) in [6.45, 7) is 0. The second kappa shape index (κ2) is 8.64. The molecule has 1 N–H and O–H groups in total. The number of carbonyl (C=O) groups excluding carboxylic acids is 1. The quantitative estimate of drug-likeness (QED) is 0.359. The van der Waals surface area contributed by atoms with Gasteiger partial charge in [-0.2, -0.15) is 4.98 Å². The van der Waals surface area contributed by atoms with Gasteiger partial charge in [0.05, 0.1) is 17.7 Å². The summed E-state index contributed by atoms with van der Waals surface area (Å²) in [5.74, 6) is -0.456. The number of carbonyl (C=O) groups is 1. The Morgan fingerprint density at radius 3 is 2.56 bits per heavy atom. The lowest BCUT2D eigenvalue weighted by molar-refractivity contribution is -0.384. The summed E-state index contributed by atoms with van der Waals surface area (Å²) in [5, 5.41) is 18.0. The Balaban J connectivity index is 1.66. The maximum Gasteiger partial charge on any atom is 0.336 e. The standard InChI is InChI=1S/C22H16FN5O4/c1-32-22-25-20(14-8-10-16(23)11-9-14)27(26-22)18-6-3-5-17(13-18)24-21(29)15-4-2-7-19(12-15)28(30)31/h2-13H,1H3,(H,24,29). The van der Waals surface area contributed by atoms with Crippen LogP contribution in [0.2, 0.25) is 0 Å². The lowest BCUT2D eigenvalue weighted by Gasteiger charge is -2.09. The smallest absolute Gasteiger partial charge is 0.336 e. The molecule has 0 aliphatic carbocycles. The third-order valence-corrected chi connectivity index (χ3v) is 4.54. The van der Waals surface area contributed by atoms with Gasteiger partial charge in [0.2, 0.25) is 0 Å². The molecule has 0 aliphatic heterocycles. The number of hydrogen-bond donors (Lipinski definition) is 1. The number of hydrogen-bond acceptors (Lipinski definition) is 6. The van der Waals surface area contributed by atoms with E-state index in [-0.39, 0.29) is 23.1 Å². The molecule has 0 radical (unpaired) electrons. The maximum absolute atomic E-state index is 13.3. The molecule has 0 aliphatic rings. The van der Waals surface area contributed by atoms with Gasteiger partial charge in [0.15, 0.2) is 5.82 Å². The van der Waals surface area contributed by atoms with Crippen LogP contribution >= 0.6 is 0 Å². The Morgan fingerprint density at radius 1 is 1.09 bits per heavy atom. The normalized spacial score (nSPS) is 10.6. The van der Waals surface area contributed by atoms with Crippen LogP contribution in [0.25, 0.3) is 17.1 Å². The van der Waals surface area contributed by atoms with Gasteiger partial charge >= 0.3 is 6.01 Å². The molecule has 0 unspecified atom stereocenters. The van der Waals surface area contributed by atoms with Gasteiger partial charge in [0.25, 0.3) is 11.6 Å². The molecule has 9 nitrogen and oxygen atoms in total. The Morgan fingerprint density at radius 2 is 1.84 bits per heavy atom. The predicted molar refractivity (Wildman–Crippen MR) is 114 cm³/mol. The van der Waals surface area contributed by atoms with Crippen LogP contribution in [0.5, 0.6) is 6.01 Å². The van der Waals surface area contributed by atoms with E-state index in [2.05, 4.69) is 15.4 Å². The topological polar surface area (TPSA) is 112 Å². The highest BCUT2D eigenvalue weighted by Crippen LogP contribution is 2.25. The van der Waals surface area contributed by atoms with Crippen molar-refractivity contribution >= 4 is 17.3 Å². The molecule has 10 heteroatoms. The van der Waals surface area contributed by atoms with Crippen LogP contribution in [-0.2, 0) is 0 Å². The van der Waals surface area contributed by atoms with Crippen LogP contribution < -0.4 is 10.1 Å². The molecule has 0 saturated heterocycles. The summed E-state index contributed by atoms with van der Waals surface area (Å²) in [5.41, 5.74) is 1.60. The maximum atomic E-state index is 13.3. The van der Waals surface area contributed by atoms with Crippen LogP contribution in [-0.4, -0.2) is 32.7 Å². The average Bonchev–Trinajstić information content (AvgIpc) is 3.24. The van der Waals surface area contributed by atoms with E-state index in [1.54, 1.807) is 36.4 Å². The Bertz CT molecular complexity index is 1300. The third kappa shape index (κ3) is 4.29. The first-order valence-corrected chi connectivity index (χ1v) is 9.38. The van der Waals surface area contributed by atoms with Gasteiger partial charge in [-0.15, -0.1) is 5.10 Å². The van der Waals surface area contributed by atoms with E-state index in [9.17, 15) is 19.3 Å². The Hall–Kier alpha value is -4.60. The number of nitro benzene ring substituents is 1. The fraction of sp³-hybridized carbons (Fsp3) is 0.0455. The van der Waals surface area contributed by atoms with Gasteiger partial charge in [0, 0.05) is 28.9 Å². The second-order valence-corrected chi connectivity index (χ2v) is 6.65. The number of nitrogens with one attached hydrogen (secondary N) is 1. The number of halogens is 1. The zero-order chi connectivity index (χ0) is 22.7. The van der Waals surface area contributed by atoms with Crippen molar-refractivity contribution in [1.29, 1.82) is 0 Å². The summed E-state index contributed by atoms with van der Waals surface area (Å²) >= 11 is 0. The van der Waals surface area contributed by atoms with Gasteiger partial charge in [-0.25, -0.2) is 9.07 Å². The molecule has 4 aromatic rings. The van der Waals surface area contributed by atoms with E-state index >= 15 is 0 Å². The number of benzene rings is 3. The lowest BCUT2D eigenvalue weighted by atomic mass is 10.1. The monoisotopic (exact) mass is 433 g/mol. The van der Waals surface area contributed by atoms with Crippen molar-refractivity contribution in [3.05, 3.63) is 94.3 Å². The third-order valence-electron chi connectivity index (χ3n) is 4.54. The second-order valence-electron chi connectivity index (χ2n) is 6.65. The highest BCUT2D eigenvalue weighted by molar-refractivity contribution is 6.04. The summed E-state index contributed by atoms with van der Waals surface area (Å²) < 4.78 is 20.0. The first-order chi connectivity index (χ1) is 15.4. The zero-order valence-corrected chi connectivity index (χ0v) is 16.7. The number of rotatable bonds is 6. The number of aromatic nitrogens is 3. The molecule has 0 bridgehead atoms. The molecule has 4 rings (SSSR count). The van der Waals surface area contributed by atoms with Crippen molar-refractivity contribution in [2.45, 2.75) is 0 Å². The molecule has 1 amide bonds. The minimum Gasteiger partial charge on any atom is -0.466 e. The molecular formula is C22H16FN5O4. The molecular weight excluding hydrogens is 417 g/mol. The van der Waals surface area contributed by atoms with Crippen LogP contribution in [0.4, 0.5) is 15.8 Å². The first kappa shape index (κ1) is 20.7. The highest BCUT2D eigenvalue weighted by Gasteiger charge is 2.16. The molecule has 0 saturated carbocycles. The minimum absolute atomic E-state index is 0.121. The van der Waals surface area contributed by atoms with E-state index in [1.807, 2.05) is 0 Å². The minimum atomic E-state index is -0.563. The van der Waals surface area contributed by atoms with Crippen molar-refractivity contribution < 1.29 is 18.8 Å². The van der Waals surface area contributed by atoms with Crippen molar-refractivity contribution in [3.8, 4) is 23.1 Å². The van der Waals surface area contributed by atoms with Crippen molar-refractivity contribution in [2.75, 3.05) is 12.4 Å². The van der Waals surface area contributed by atoms with Crippen LogP contribution in [0.15, 0.2) is 72.8 Å². The highest BCUT2D eigenvalue weighted by atomic mass is 19.1. The largest absolute Gasteiger partial charge is 0.466 e. The summed E-state index contributed by atoms with van der Waals surface area (Å²) in [7, 11) is 1.43. The van der Waals surface area contributed by atoms with Crippen LogP contribution in [0.3, 0.4) is 0 Å². The molecule has 0 atom stereocenters. The van der Waals surface area contributed by atoms with E-state index in [1.165, 1.54) is 48.2 Å². The fourth-order valence-corrected chi connectivity index (χ4v) is 3.02. The molecule has 160 valence electrons. The molecule has 0 spiro atoms. The van der Waals surface area contributed by atoms with Gasteiger partial charge in [-0.3, -0.25) is 14.9 Å². The van der Waals surface area contributed by atoms with Gasteiger partial charge < -0.3 is 10.1 Å². The van der Waals surface area contributed by atoms with Gasteiger partial charge in [-0.05, 0) is 48.5 Å². The number of anilines is 1. The Kier molecular flexibility index (Phi) is 5.58. The molecule has 1 heterocycles. The average molecular weight is 433 g/mol.